The van der Waals surface area contributed by atoms with E-state index in [1.165, 1.54) is 0 Å². The van der Waals surface area contributed by atoms with Crippen LogP contribution in [0.15, 0.2) is 0 Å². The van der Waals surface area contributed by atoms with Crippen LogP contribution in [-0.2, 0) is 4.79 Å². The van der Waals surface area contributed by atoms with E-state index in [-0.39, 0.29) is 17.9 Å². The first kappa shape index (κ1) is 17.0. The molecule has 5 heteroatoms. The van der Waals surface area contributed by atoms with Gasteiger partial charge < -0.3 is 15.5 Å². The van der Waals surface area contributed by atoms with Crippen molar-refractivity contribution in [1.82, 2.24) is 5.32 Å². The number of aliphatic hydroxyl groups excluding tert-OH is 1. The van der Waals surface area contributed by atoms with Crippen LogP contribution < -0.4 is 5.32 Å². The summed E-state index contributed by atoms with van der Waals surface area (Å²) >= 11 is 0. The monoisotopic (exact) mass is 284 g/mol. The maximum atomic E-state index is 11.3. The third kappa shape index (κ3) is 3.51. The zero-order chi connectivity index (χ0) is 15.4. The summed E-state index contributed by atoms with van der Waals surface area (Å²) in [6.07, 6.45) is 1.60. The highest BCUT2D eigenvalue weighted by Crippen LogP contribution is 2.41. The first-order valence-corrected chi connectivity index (χ1v) is 7.55. The van der Waals surface area contributed by atoms with E-state index < -0.39 is 18.0 Å². The lowest BCUT2D eigenvalue weighted by atomic mass is 9.76. The number of hydrogen-bond acceptors (Lipinski definition) is 3. The topological polar surface area (TPSA) is 93.4 Å². The molecule has 0 radical (unpaired) electrons. The van der Waals surface area contributed by atoms with Gasteiger partial charge in [-0.3, -0.25) is 10.2 Å². The zero-order valence-electron chi connectivity index (χ0n) is 12.9. The summed E-state index contributed by atoms with van der Waals surface area (Å²) in [5.41, 5.74) is 0. The molecule has 0 spiro atoms. The Hall–Kier alpha value is -1.10. The fourth-order valence-electron chi connectivity index (χ4n) is 3.78. The molecule has 116 valence electrons. The van der Waals surface area contributed by atoms with Gasteiger partial charge in [-0.1, -0.05) is 33.6 Å². The third-order valence-electron chi connectivity index (χ3n) is 4.90. The molecule has 1 saturated carbocycles. The zero-order valence-corrected chi connectivity index (χ0v) is 12.9. The second kappa shape index (κ2) is 7.07. The number of amidine groups is 1. The highest BCUT2D eigenvalue weighted by Gasteiger charge is 2.49. The molecule has 0 aromatic rings. The number of rotatable bonds is 6. The van der Waals surface area contributed by atoms with Crippen molar-refractivity contribution in [3.63, 3.8) is 0 Å². The van der Waals surface area contributed by atoms with Gasteiger partial charge >= 0.3 is 5.97 Å². The van der Waals surface area contributed by atoms with Crippen LogP contribution in [-0.4, -0.2) is 34.2 Å². The van der Waals surface area contributed by atoms with E-state index in [0.29, 0.717) is 18.2 Å². The second-order valence-corrected chi connectivity index (χ2v) is 6.06. The summed E-state index contributed by atoms with van der Waals surface area (Å²) < 4.78 is 0. The molecule has 1 fully saturated rings. The second-order valence-electron chi connectivity index (χ2n) is 6.06. The number of hydrogen-bond donors (Lipinski definition) is 4. The quantitative estimate of drug-likeness (QED) is 0.444. The molecule has 0 bridgehead atoms. The summed E-state index contributed by atoms with van der Waals surface area (Å²) in [6, 6.07) is -0.126. The normalized spacial score (nSPS) is 31.3. The molecule has 1 rings (SSSR count). The van der Waals surface area contributed by atoms with Gasteiger partial charge in [0.25, 0.3) is 0 Å². The van der Waals surface area contributed by atoms with Gasteiger partial charge in [-0.05, 0) is 25.2 Å². The predicted molar refractivity (Wildman–Crippen MR) is 78.8 cm³/mol. The van der Waals surface area contributed by atoms with Crippen molar-refractivity contribution in [3.8, 4) is 0 Å². The Morgan fingerprint density at radius 1 is 1.40 bits per heavy atom. The molecular formula is C15H28N2O3. The van der Waals surface area contributed by atoms with E-state index in [1.807, 2.05) is 0 Å². The van der Waals surface area contributed by atoms with Crippen molar-refractivity contribution in [1.29, 1.82) is 5.41 Å². The average molecular weight is 284 g/mol. The number of nitrogens with one attached hydrogen (secondary N) is 2. The largest absolute Gasteiger partial charge is 0.481 e. The number of carboxylic acids is 1. The number of carboxylic acid groups (broad SMARTS) is 1. The summed E-state index contributed by atoms with van der Waals surface area (Å²) in [4.78, 5) is 11.3. The Morgan fingerprint density at radius 3 is 2.35 bits per heavy atom. The average Bonchev–Trinajstić information content (AvgIpc) is 2.66. The standard InChI is InChI=1S/C15H28N2O3/c1-5-10(6-2)8(3)13-12(17-9(4)16)7-11(14(13)18)15(19)20/h8,10-14,18H,5-7H2,1-4H3,(H2,16,17)(H,19,20)/t8?,11-,12+,13-,14+/m0/s1. The van der Waals surface area contributed by atoms with Gasteiger partial charge in [0.2, 0.25) is 0 Å². The summed E-state index contributed by atoms with van der Waals surface area (Å²) in [7, 11) is 0. The Balaban J connectivity index is 2.96. The Bertz CT molecular complexity index is 355. The lowest BCUT2D eigenvalue weighted by Crippen LogP contribution is -2.43. The maximum absolute atomic E-state index is 11.3. The van der Waals surface area contributed by atoms with Crippen molar-refractivity contribution < 1.29 is 15.0 Å². The fourth-order valence-corrected chi connectivity index (χ4v) is 3.78. The smallest absolute Gasteiger partial charge is 0.309 e. The van der Waals surface area contributed by atoms with Crippen LogP contribution in [0.2, 0.25) is 0 Å². The van der Waals surface area contributed by atoms with Crippen LogP contribution in [0.25, 0.3) is 0 Å². The summed E-state index contributed by atoms with van der Waals surface area (Å²) in [5.74, 6) is -0.741. The SMILES string of the molecule is CCC(CC)C(C)[C@@H]1[C@H](O)[C@@H](C(=O)O)C[C@H]1NC(C)=N. The summed E-state index contributed by atoms with van der Waals surface area (Å²) in [6.45, 7) is 8.01. The van der Waals surface area contributed by atoms with Crippen LogP contribution in [0.5, 0.6) is 0 Å². The molecule has 5 atom stereocenters. The third-order valence-corrected chi connectivity index (χ3v) is 4.90. The fraction of sp³-hybridized carbons (Fsp3) is 0.867. The molecule has 1 aliphatic rings. The minimum Gasteiger partial charge on any atom is -0.481 e. The summed E-state index contributed by atoms with van der Waals surface area (Å²) in [5, 5.41) is 30.3. The lowest BCUT2D eigenvalue weighted by molar-refractivity contribution is -0.145. The van der Waals surface area contributed by atoms with Gasteiger partial charge in [-0.15, -0.1) is 0 Å². The maximum Gasteiger partial charge on any atom is 0.309 e. The molecule has 5 nitrogen and oxygen atoms in total. The number of carbonyl (C=O) groups is 1. The highest BCUT2D eigenvalue weighted by atomic mass is 16.4. The minimum atomic E-state index is -0.939. The molecule has 0 saturated heterocycles. The molecular weight excluding hydrogens is 256 g/mol. The molecule has 4 N–H and O–H groups in total. The first-order valence-electron chi connectivity index (χ1n) is 7.55. The lowest BCUT2D eigenvalue weighted by Gasteiger charge is -2.34. The van der Waals surface area contributed by atoms with Crippen molar-refractivity contribution in [3.05, 3.63) is 0 Å². The Morgan fingerprint density at radius 2 is 1.95 bits per heavy atom. The molecule has 0 aromatic heterocycles. The van der Waals surface area contributed by atoms with E-state index in [2.05, 4.69) is 26.1 Å². The Labute approximate surface area is 121 Å². The number of aliphatic hydroxyl groups is 1. The predicted octanol–water partition coefficient (Wildman–Crippen LogP) is 2.10. The molecule has 1 aliphatic carbocycles. The minimum absolute atomic E-state index is 0.110. The molecule has 1 unspecified atom stereocenters. The van der Waals surface area contributed by atoms with Crippen LogP contribution in [0.4, 0.5) is 0 Å². The van der Waals surface area contributed by atoms with E-state index >= 15 is 0 Å². The van der Waals surface area contributed by atoms with Crippen molar-refractivity contribution >= 4 is 11.8 Å². The van der Waals surface area contributed by atoms with Crippen LogP contribution in [0, 0.1) is 29.1 Å². The van der Waals surface area contributed by atoms with E-state index in [4.69, 9.17) is 5.41 Å². The van der Waals surface area contributed by atoms with Gasteiger partial charge in [-0.25, -0.2) is 0 Å². The van der Waals surface area contributed by atoms with Gasteiger partial charge in [0.05, 0.1) is 17.9 Å². The van der Waals surface area contributed by atoms with Crippen molar-refractivity contribution in [2.24, 2.45) is 23.7 Å². The number of aliphatic carboxylic acids is 1. The van der Waals surface area contributed by atoms with E-state index in [0.717, 1.165) is 12.8 Å². The van der Waals surface area contributed by atoms with Crippen molar-refractivity contribution in [2.45, 2.75) is 59.1 Å². The Kier molecular flexibility index (Phi) is 5.99. The molecule has 20 heavy (non-hydrogen) atoms. The molecule has 0 amide bonds. The van der Waals surface area contributed by atoms with Gasteiger partial charge in [-0.2, -0.15) is 0 Å². The molecule has 0 heterocycles. The van der Waals surface area contributed by atoms with Crippen molar-refractivity contribution in [2.75, 3.05) is 0 Å². The van der Waals surface area contributed by atoms with Gasteiger partial charge in [0.1, 0.15) is 0 Å². The van der Waals surface area contributed by atoms with Crippen LogP contribution >= 0.6 is 0 Å². The van der Waals surface area contributed by atoms with Gasteiger partial charge in [0.15, 0.2) is 0 Å². The highest BCUT2D eigenvalue weighted by molar-refractivity contribution is 5.77. The van der Waals surface area contributed by atoms with Crippen LogP contribution in [0.1, 0.15) is 47.0 Å². The van der Waals surface area contributed by atoms with Crippen LogP contribution in [0.3, 0.4) is 0 Å². The van der Waals surface area contributed by atoms with Gasteiger partial charge in [0, 0.05) is 12.0 Å². The molecule has 0 aliphatic heterocycles. The van der Waals surface area contributed by atoms with E-state index in [1.54, 1.807) is 6.92 Å². The molecule has 0 aromatic carbocycles. The first-order chi connectivity index (χ1) is 9.33. The van der Waals surface area contributed by atoms with E-state index in [9.17, 15) is 15.0 Å².